The molecule has 1 aliphatic heterocycles. The summed E-state index contributed by atoms with van der Waals surface area (Å²) in [5.41, 5.74) is 1.84. The van der Waals surface area contributed by atoms with Crippen LogP contribution in [0.15, 0.2) is 36.5 Å². The number of carbonyl (C=O) groups excluding carboxylic acids is 2. The number of methoxy groups -OCH3 is 1. The number of likely N-dealkylation sites (N-methyl/N-ethyl adjacent to an activating group) is 2. The van der Waals surface area contributed by atoms with Gasteiger partial charge >= 0.3 is 0 Å². The molecule has 0 aliphatic carbocycles. The lowest BCUT2D eigenvalue weighted by atomic mass is 9.99. The molecule has 1 aromatic heterocycles. The summed E-state index contributed by atoms with van der Waals surface area (Å²) >= 11 is 0. The molecule has 190 valence electrons. The van der Waals surface area contributed by atoms with E-state index in [0.717, 1.165) is 11.1 Å². The topological polar surface area (TPSA) is 95.4 Å². The number of rotatable bonds is 8. The molecular weight excluding hydrogens is 448 g/mol. The van der Waals surface area contributed by atoms with Gasteiger partial charge in [0.05, 0.1) is 32.8 Å². The van der Waals surface area contributed by atoms with Crippen molar-refractivity contribution in [2.75, 3.05) is 54.5 Å². The van der Waals surface area contributed by atoms with E-state index in [1.807, 2.05) is 57.1 Å². The largest absolute Gasteiger partial charge is 0.496 e. The van der Waals surface area contributed by atoms with Crippen LogP contribution in [-0.2, 0) is 4.79 Å². The number of nitrogens with zero attached hydrogens (tertiary/aromatic N) is 4. The molecule has 2 heterocycles. The fourth-order valence-corrected chi connectivity index (χ4v) is 4.11. The van der Waals surface area contributed by atoms with Gasteiger partial charge in [-0.3, -0.25) is 9.59 Å². The van der Waals surface area contributed by atoms with Crippen LogP contribution in [0.5, 0.6) is 11.6 Å². The number of aliphatic hydroxyl groups excluding tert-OH is 1. The van der Waals surface area contributed by atoms with Crippen molar-refractivity contribution in [3.63, 3.8) is 0 Å². The third-order valence-corrected chi connectivity index (χ3v) is 6.27. The molecule has 1 aliphatic rings. The van der Waals surface area contributed by atoms with Crippen LogP contribution in [0.1, 0.15) is 24.2 Å². The van der Waals surface area contributed by atoms with E-state index in [-0.39, 0.29) is 36.3 Å². The first-order chi connectivity index (χ1) is 16.7. The molecule has 9 heteroatoms. The number of aliphatic hydroxyl groups is 1. The Morgan fingerprint density at radius 3 is 2.66 bits per heavy atom. The average molecular weight is 485 g/mol. The normalized spacial score (nSPS) is 18.9. The highest BCUT2D eigenvalue weighted by atomic mass is 16.5. The highest BCUT2D eigenvalue weighted by Gasteiger charge is 2.35. The summed E-state index contributed by atoms with van der Waals surface area (Å²) in [5.74, 6) is 0.499. The van der Waals surface area contributed by atoms with Crippen LogP contribution >= 0.6 is 0 Å². The summed E-state index contributed by atoms with van der Waals surface area (Å²) < 4.78 is 11.8. The smallest absolute Gasteiger partial charge is 0.259 e. The number of hydrogen-bond acceptors (Lipinski definition) is 7. The molecule has 0 saturated heterocycles. The predicted molar refractivity (Wildman–Crippen MR) is 134 cm³/mol. The van der Waals surface area contributed by atoms with Gasteiger partial charge in [0.25, 0.3) is 5.91 Å². The quantitative estimate of drug-likeness (QED) is 0.612. The fraction of sp³-hybridized carbons (Fsp3) is 0.500. The van der Waals surface area contributed by atoms with Crippen LogP contribution in [0.2, 0.25) is 0 Å². The molecule has 2 amide bonds. The molecule has 0 spiro atoms. The van der Waals surface area contributed by atoms with Gasteiger partial charge in [0.2, 0.25) is 11.8 Å². The first kappa shape index (κ1) is 26.4. The van der Waals surface area contributed by atoms with Gasteiger partial charge in [0, 0.05) is 36.8 Å². The zero-order valence-electron chi connectivity index (χ0n) is 21.4. The van der Waals surface area contributed by atoms with Crippen molar-refractivity contribution < 1.29 is 24.2 Å². The lowest BCUT2D eigenvalue weighted by Gasteiger charge is -2.37. The zero-order valence-corrected chi connectivity index (χ0v) is 21.4. The number of carbonyl (C=O) groups is 2. The molecule has 3 atom stereocenters. The molecule has 1 N–H and O–H groups in total. The van der Waals surface area contributed by atoms with Gasteiger partial charge in [-0.15, -0.1) is 0 Å². The van der Waals surface area contributed by atoms with Gasteiger partial charge in [-0.2, -0.15) is 0 Å². The van der Waals surface area contributed by atoms with Crippen LogP contribution in [-0.4, -0.2) is 103 Å². The lowest BCUT2D eigenvalue weighted by Crippen LogP contribution is -2.51. The van der Waals surface area contributed by atoms with Crippen molar-refractivity contribution in [1.82, 2.24) is 19.7 Å². The van der Waals surface area contributed by atoms with Crippen molar-refractivity contribution in [1.29, 1.82) is 0 Å². The maximum absolute atomic E-state index is 13.6. The minimum absolute atomic E-state index is 0.0239. The summed E-state index contributed by atoms with van der Waals surface area (Å²) in [7, 11) is 7.04. The molecule has 2 aromatic rings. The molecule has 0 radical (unpaired) electrons. The standard InChI is InChI=1S/C26H36N4O5/c1-17-13-30(18(2)16-31)26(33)21-11-19(20-9-7-8-10-22(20)34-6)12-27-25(21)35-23(17)14-29(5)24(32)15-28(3)4/h7-12,17-18,23,31H,13-16H2,1-6H3/t17-,18-,23-/m0/s1. The SMILES string of the molecule is COc1ccccc1-c1cnc2c(c1)C(=O)N([C@@H](C)CO)C[C@H](C)[C@H](CN(C)C(=O)CN(C)C)O2. The minimum Gasteiger partial charge on any atom is -0.496 e. The number of pyridine rings is 1. The third kappa shape index (κ3) is 6.10. The zero-order chi connectivity index (χ0) is 25.7. The van der Waals surface area contributed by atoms with E-state index in [1.54, 1.807) is 36.2 Å². The molecule has 0 fully saturated rings. The number of ether oxygens (including phenoxy) is 2. The summed E-state index contributed by atoms with van der Waals surface area (Å²) in [6.45, 7) is 4.64. The number of benzene rings is 1. The Balaban J connectivity index is 2.02. The Morgan fingerprint density at radius 2 is 2.00 bits per heavy atom. The van der Waals surface area contributed by atoms with Gasteiger partial charge in [0.1, 0.15) is 17.4 Å². The number of hydrogen-bond donors (Lipinski definition) is 1. The lowest BCUT2D eigenvalue weighted by molar-refractivity contribution is -0.132. The van der Waals surface area contributed by atoms with Crippen LogP contribution in [0.25, 0.3) is 11.1 Å². The molecule has 0 unspecified atom stereocenters. The molecule has 9 nitrogen and oxygen atoms in total. The maximum Gasteiger partial charge on any atom is 0.259 e. The molecule has 0 saturated carbocycles. The van der Waals surface area contributed by atoms with Gasteiger partial charge < -0.3 is 29.3 Å². The second-order valence-electron chi connectivity index (χ2n) is 9.41. The monoisotopic (exact) mass is 484 g/mol. The van der Waals surface area contributed by atoms with Gasteiger partial charge in [-0.05, 0) is 33.2 Å². The van der Waals surface area contributed by atoms with Crippen LogP contribution in [0, 0.1) is 5.92 Å². The van der Waals surface area contributed by atoms with E-state index in [2.05, 4.69) is 4.98 Å². The first-order valence-electron chi connectivity index (χ1n) is 11.8. The Hall–Kier alpha value is -3.17. The highest BCUT2D eigenvalue weighted by molar-refractivity contribution is 5.98. The molecule has 1 aromatic carbocycles. The predicted octanol–water partition coefficient (Wildman–Crippen LogP) is 2.00. The molecule has 35 heavy (non-hydrogen) atoms. The van der Waals surface area contributed by atoms with Crippen LogP contribution in [0.4, 0.5) is 0 Å². The van der Waals surface area contributed by atoms with Gasteiger partial charge in [0.15, 0.2) is 0 Å². The van der Waals surface area contributed by atoms with Crippen molar-refractivity contribution in [3.05, 3.63) is 42.1 Å². The highest BCUT2D eigenvalue weighted by Crippen LogP contribution is 2.34. The number of aromatic nitrogens is 1. The van der Waals surface area contributed by atoms with E-state index >= 15 is 0 Å². The van der Waals surface area contributed by atoms with Gasteiger partial charge in [-0.25, -0.2) is 4.98 Å². The van der Waals surface area contributed by atoms with Crippen molar-refractivity contribution in [3.8, 4) is 22.8 Å². The fourth-order valence-electron chi connectivity index (χ4n) is 4.11. The molecule has 0 bridgehead atoms. The van der Waals surface area contributed by atoms with E-state index in [1.165, 1.54) is 0 Å². The summed E-state index contributed by atoms with van der Waals surface area (Å²) in [5, 5.41) is 9.86. The first-order valence-corrected chi connectivity index (χ1v) is 11.8. The van der Waals surface area contributed by atoms with E-state index in [0.29, 0.717) is 30.9 Å². The maximum atomic E-state index is 13.6. The third-order valence-electron chi connectivity index (χ3n) is 6.27. The van der Waals surface area contributed by atoms with Crippen molar-refractivity contribution >= 4 is 11.8 Å². The van der Waals surface area contributed by atoms with Crippen molar-refractivity contribution in [2.24, 2.45) is 5.92 Å². The second kappa shape index (κ2) is 11.5. The summed E-state index contributed by atoms with van der Waals surface area (Å²) in [6.07, 6.45) is 1.27. The molecular formula is C26H36N4O5. The van der Waals surface area contributed by atoms with E-state index < -0.39 is 6.10 Å². The minimum atomic E-state index is -0.393. The van der Waals surface area contributed by atoms with Gasteiger partial charge in [-0.1, -0.05) is 25.1 Å². The summed E-state index contributed by atoms with van der Waals surface area (Å²) in [4.78, 5) is 35.9. The average Bonchev–Trinajstić information content (AvgIpc) is 2.84. The number of para-hydroxylation sites is 1. The summed E-state index contributed by atoms with van der Waals surface area (Å²) in [6, 6.07) is 8.89. The molecule has 3 rings (SSSR count). The number of amides is 2. The number of fused-ring (bicyclic) bond motifs is 1. The van der Waals surface area contributed by atoms with Crippen LogP contribution in [0.3, 0.4) is 0 Å². The Bertz CT molecular complexity index is 1040. The Morgan fingerprint density at radius 1 is 1.29 bits per heavy atom. The second-order valence-corrected chi connectivity index (χ2v) is 9.41. The Labute approximate surface area is 207 Å². The van der Waals surface area contributed by atoms with Crippen molar-refractivity contribution in [2.45, 2.75) is 26.0 Å². The Kier molecular flexibility index (Phi) is 8.69. The van der Waals surface area contributed by atoms with Crippen LogP contribution < -0.4 is 9.47 Å². The van der Waals surface area contributed by atoms with E-state index in [9.17, 15) is 14.7 Å². The van der Waals surface area contributed by atoms with E-state index in [4.69, 9.17) is 9.47 Å².